The fourth-order valence-corrected chi connectivity index (χ4v) is 2.93. The Hall–Kier alpha value is -3.22. The standard InChI is InChI=1S/C20H22N4O3/c1-2-23-11-12-24(20(27)19(23)26)14-15-6-8-16(9-7-15)18(25)22-13-17-5-3-4-10-21-17/h3-10H,2,11-14H2,1H3,(H,22,25). The molecule has 27 heavy (non-hydrogen) atoms. The summed E-state index contributed by atoms with van der Waals surface area (Å²) in [6, 6.07) is 12.6. The van der Waals surface area contributed by atoms with Crippen LogP contribution in [0.15, 0.2) is 48.7 Å². The van der Waals surface area contributed by atoms with Crippen LogP contribution in [0.2, 0.25) is 0 Å². The summed E-state index contributed by atoms with van der Waals surface area (Å²) in [6.07, 6.45) is 1.68. The predicted molar refractivity (Wildman–Crippen MR) is 99.5 cm³/mol. The van der Waals surface area contributed by atoms with Gasteiger partial charge in [0.15, 0.2) is 0 Å². The van der Waals surface area contributed by atoms with Crippen molar-refractivity contribution in [3.8, 4) is 0 Å². The molecule has 140 valence electrons. The minimum atomic E-state index is -0.472. The highest BCUT2D eigenvalue weighted by atomic mass is 16.2. The maximum atomic E-state index is 12.2. The van der Waals surface area contributed by atoms with Crippen LogP contribution in [0.4, 0.5) is 0 Å². The quantitative estimate of drug-likeness (QED) is 0.779. The van der Waals surface area contributed by atoms with Gasteiger partial charge in [-0.15, -0.1) is 0 Å². The van der Waals surface area contributed by atoms with Gasteiger partial charge in [-0.2, -0.15) is 0 Å². The smallest absolute Gasteiger partial charge is 0.312 e. The molecule has 1 saturated heterocycles. The number of aromatic nitrogens is 1. The largest absolute Gasteiger partial charge is 0.346 e. The summed E-state index contributed by atoms with van der Waals surface area (Å²) < 4.78 is 0. The molecule has 1 fully saturated rings. The molecule has 1 N–H and O–H groups in total. The summed E-state index contributed by atoms with van der Waals surface area (Å²) in [5, 5.41) is 2.82. The number of nitrogens with zero attached hydrogens (tertiary/aromatic N) is 3. The van der Waals surface area contributed by atoms with Gasteiger partial charge in [0, 0.05) is 37.9 Å². The first-order valence-corrected chi connectivity index (χ1v) is 8.93. The maximum absolute atomic E-state index is 12.2. The van der Waals surface area contributed by atoms with Gasteiger partial charge in [0.1, 0.15) is 0 Å². The molecule has 0 bridgehead atoms. The van der Waals surface area contributed by atoms with Crippen molar-refractivity contribution in [2.45, 2.75) is 20.0 Å². The second-order valence-electron chi connectivity index (χ2n) is 6.31. The van der Waals surface area contributed by atoms with Crippen molar-refractivity contribution in [3.63, 3.8) is 0 Å². The normalized spacial score (nSPS) is 14.4. The van der Waals surface area contributed by atoms with Crippen molar-refractivity contribution in [1.82, 2.24) is 20.1 Å². The predicted octanol–water partition coefficient (Wildman–Crippen LogP) is 1.20. The molecule has 7 heteroatoms. The summed E-state index contributed by atoms with van der Waals surface area (Å²) in [4.78, 5) is 43.6. The van der Waals surface area contributed by atoms with E-state index in [4.69, 9.17) is 0 Å². The molecule has 7 nitrogen and oxygen atoms in total. The number of carbonyl (C=O) groups excluding carboxylic acids is 3. The van der Waals surface area contributed by atoms with Gasteiger partial charge in [0.25, 0.3) is 5.91 Å². The maximum Gasteiger partial charge on any atom is 0.312 e. The lowest BCUT2D eigenvalue weighted by atomic mass is 10.1. The molecule has 3 amide bonds. The minimum absolute atomic E-state index is 0.185. The Morgan fingerprint density at radius 3 is 2.41 bits per heavy atom. The summed E-state index contributed by atoms with van der Waals surface area (Å²) in [5.41, 5.74) is 2.20. The van der Waals surface area contributed by atoms with Crippen LogP contribution >= 0.6 is 0 Å². The summed E-state index contributed by atoms with van der Waals surface area (Å²) in [7, 11) is 0. The van der Waals surface area contributed by atoms with E-state index >= 15 is 0 Å². The Kier molecular flexibility index (Phi) is 5.80. The Balaban J connectivity index is 1.56. The van der Waals surface area contributed by atoms with Crippen LogP contribution in [0.3, 0.4) is 0 Å². The van der Waals surface area contributed by atoms with E-state index in [-0.39, 0.29) is 5.91 Å². The lowest BCUT2D eigenvalue weighted by Crippen LogP contribution is -2.53. The molecule has 1 aliphatic rings. The van der Waals surface area contributed by atoms with Crippen LogP contribution in [-0.4, -0.2) is 52.1 Å². The monoisotopic (exact) mass is 366 g/mol. The molecule has 2 aromatic rings. The highest BCUT2D eigenvalue weighted by Gasteiger charge is 2.31. The number of amides is 3. The van der Waals surface area contributed by atoms with Crippen LogP contribution in [0.1, 0.15) is 28.5 Å². The minimum Gasteiger partial charge on any atom is -0.346 e. The van der Waals surface area contributed by atoms with E-state index in [9.17, 15) is 14.4 Å². The molecule has 0 atom stereocenters. The Morgan fingerprint density at radius 1 is 1.04 bits per heavy atom. The van der Waals surface area contributed by atoms with Gasteiger partial charge in [-0.25, -0.2) is 0 Å². The second-order valence-corrected chi connectivity index (χ2v) is 6.31. The average molecular weight is 366 g/mol. The van der Waals surface area contributed by atoms with Gasteiger partial charge in [-0.3, -0.25) is 19.4 Å². The van der Waals surface area contributed by atoms with E-state index in [0.29, 0.717) is 38.3 Å². The average Bonchev–Trinajstić information content (AvgIpc) is 2.71. The van der Waals surface area contributed by atoms with Gasteiger partial charge in [-0.05, 0) is 36.8 Å². The van der Waals surface area contributed by atoms with Gasteiger partial charge >= 0.3 is 11.8 Å². The zero-order chi connectivity index (χ0) is 19.2. The summed E-state index contributed by atoms with van der Waals surface area (Å²) in [5.74, 6) is -1.11. The van der Waals surface area contributed by atoms with Crippen molar-refractivity contribution >= 4 is 17.7 Å². The van der Waals surface area contributed by atoms with Crippen LogP contribution in [0.5, 0.6) is 0 Å². The number of hydrogen-bond acceptors (Lipinski definition) is 4. The van der Waals surface area contributed by atoms with E-state index in [2.05, 4.69) is 10.3 Å². The van der Waals surface area contributed by atoms with Crippen molar-refractivity contribution in [1.29, 1.82) is 0 Å². The van der Waals surface area contributed by atoms with Gasteiger partial charge in [-0.1, -0.05) is 18.2 Å². The van der Waals surface area contributed by atoms with Gasteiger partial charge in [0.2, 0.25) is 0 Å². The third-order valence-corrected chi connectivity index (χ3v) is 4.52. The number of likely N-dealkylation sites (N-methyl/N-ethyl adjacent to an activating group) is 1. The molecule has 0 aliphatic carbocycles. The number of piperazine rings is 1. The summed E-state index contributed by atoms with van der Waals surface area (Å²) in [6.45, 7) is 4.19. The van der Waals surface area contributed by atoms with Crippen LogP contribution < -0.4 is 5.32 Å². The second kappa shape index (κ2) is 8.44. The molecule has 0 saturated carbocycles. The number of carbonyl (C=O) groups is 3. The number of hydrogen-bond donors (Lipinski definition) is 1. The van der Waals surface area contributed by atoms with Crippen molar-refractivity contribution in [2.75, 3.05) is 19.6 Å². The third kappa shape index (κ3) is 4.49. The fourth-order valence-electron chi connectivity index (χ4n) is 2.93. The molecule has 3 rings (SSSR count). The lowest BCUT2D eigenvalue weighted by molar-refractivity contribution is -0.156. The fraction of sp³-hybridized carbons (Fsp3) is 0.300. The Labute approximate surface area is 158 Å². The van der Waals surface area contributed by atoms with Crippen LogP contribution in [0, 0.1) is 0 Å². The van der Waals surface area contributed by atoms with Gasteiger partial charge in [0.05, 0.1) is 12.2 Å². The number of rotatable bonds is 6. The molecule has 0 spiro atoms. The highest BCUT2D eigenvalue weighted by molar-refractivity contribution is 6.35. The van der Waals surface area contributed by atoms with E-state index in [1.807, 2.05) is 25.1 Å². The Bertz CT molecular complexity index is 821. The van der Waals surface area contributed by atoms with Crippen LogP contribution in [0.25, 0.3) is 0 Å². The van der Waals surface area contributed by atoms with E-state index in [1.165, 1.54) is 0 Å². The first-order valence-electron chi connectivity index (χ1n) is 8.93. The summed E-state index contributed by atoms with van der Waals surface area (Å²) >= 11 is 0. The van der Waals surface area contributed by atoms with Crippen LogP contribution in [-0.2, 0) is 22.7 Å². The number of pyridine rings is 1. The molecule has 0 unspecified atom stereocenters. The molecule has 1 aliphatic heterocycles. The van der Waals surface area contributed by atoms with Crippen molar-refractivity contribution in [2.24, 2.45) is 0 Å². The van der Waals surface area contributed by atoms with Crippen molar-refractivity contribution in [3.05, 3.63) is 65.5 Å². The van der Waals surface area contributed by atoms with E-state index in [1.54, 1.807) is 40.3 Å². The molecule has 1 aromatic heterocycles. The topological polar surface area (TPSA) is 82.6 Å². The molecule has 1 aromatic carbocycles. The third-order valence-electron chi connectivity index (χ3n) is 4.52. The van der Waals surface area contributed by atoms with E-state index in [0.717, 1.165) is 11.3 Å². The molecular weight excluding hydrogens is 344 g/mol. The Morgan fingerprint density at radius 2 is 1.74 bits per heavy atom. The van der Waals surface area contributed by atoms with E-state index < -0.39 is 11.8 Å². The first kappa shape index (κ1) is 18.6. The molecular formula is C20H22N4O3. The molecule has 2 heterocycles. The number of benzene rings is 1. The zero-order valence-electron chi connectivity index (χ0n) is 15.2. The highest BCUT2D eigenvalue weighted by Crippen LogP contribution is 2.12. The first-order chi connectivity index (χ1) is 13.1. The SMILES string of the molecule is CCN1CCN(Cc2ccc(C(=O)NCc3ccccn3)cc2)C(=O)C1=O. The van der Waals surface area contributed by atoms with Crippen molar-refractivity contribution < 1.29 is 14.4 Å². The van der Waals surface area contributed by atoms with Gasteiger partial charge < -0.3 is 15.1 Å². The number of nitrogens with one attached hydrogen (secondary N) is 1. The zero-order valence-corrected chi connectivity index (χ0v) is 15.2. The lowest BCUT2D eigenvalue weighted by Gasteiger charge is -2.33. The molecule has 0 radical (unpaired) electrons.